The van der Waals surface area contributed by atoms with Crippen LogP contribution in [0.25, 0.3) is 11.4 Å². The van der Waals surface area contributed by atoms with Gasteiger partial charge < -0.3 is 14.4 Å². The van der Waals surface area contributed by atoms with Crippen LogP contribution in [-0.4, -0.2) is 51.6 Å². The second-order valence-corrected chi connectivity index (χ2v) is 8.57. The Balaban J connectivity index is 1.47. The molecule has 6 rings (SSSR count). The molecule has 2 aromatic heterocycles. The highest BCUT2D eigenvalue weighted by molar-refractivity contribution is 6.30. The number of amides is 1. The van der Waals surface area contributed by atoms with Crippen LogP contribution in [0.5, 0.6) is 11.6 Å². The van der Waals surface area contributed by atoms with Gasteiger partial charge in [-0.3, -0.25) is 4.79 Å². The molecule has 1 amide bonds. The molecule has 7 nitrogen and oxygen atoms in total. The van der Waals surface area contributed by atoms with Gasteiger partial charge in [-0.15, -0.1) is 0 Å². The minimum Gasteiger partial charge on any atom is -0.496 e. The number of hydrogen-bond donors (Lipinski definition) is 0. The zero-order valence-corrected chi connectivity index (χ0v) is 18.4. The van der Waals surface area contributed by atoms with Crippen molar-refractivity contribution in [3.63, 3.8) is 0 Å². The topological polar surface area (TPSA) is 77.4 Å². The quantitative estimate of drug-likeness (QED) is 0.577. The Labute approximate surface area is 191 Å². The van der Waals surface area contributed by atoms with Crippen molar-refractivity contribution in [2.24, 2.45) is 5.92 Å². The first-order chi connectivity index (χ1) is 15.6. The van der Waals surface area contributed by atoms with Gasteiger partial charge in [0.2, 0.25) is 5.88 Å². The monoisotopic (exact) mass is 450 g/mol. The van der Waals surface area contributed by atoms with E-state index in [1.165, 1.54) is 0 Å². The predicted molar refractivity (Wildman–Crippen MR) is 120 cm³/mol. The molecule has 1 aromatic carbocycles. The number of carbonyl (C=O) groups is 1. The second-order valence-electron chi connectivity index (χ2n) is 8.13. The molecular formula is C24H23ClN4O3. The predicted octanol–water partition coefficient (Wildman–Crippen LogP) is 4.27. The van der Waals surface area contributed by atoms with E-state index in [-0.39, 0.29) is 18.1 Å². The van der Waals surface area contributed by atoms with Gasteiger partial charge >= 0.3 is 0 Å². The van der Waals surface area contributed by atoms with Gasteiger partial charge in [-0.2, -0.15) is 0 Å². The van der Waals surface area contributed by atoms with Gasteiger partial charge in [-0.1, -0.05) is 23.7 Å². The summed E-state index contributed by atoms with van der Waals surface area (Å²) >= 11 is 5.95. The number of rotatable bonds is 5. The molecule has 32 heavy (non-hydrogen) atoms. The number of benzene rings is 1. The van der Waals surface area contributed by atoms with Crippen LogP contribution in [0.15, 0.2) is 55.0 Å². The number of aromatic nitrogens is 3. The van der Waals surface area contributed by atoms with Crippen molar-refractivity contribution < 1.29 is 14.3 Å². The molecule has 1 aliphatic carbocycles. The average molecular weight is 451 g/mol. The number of hydrogen-bond acceptors (Lipinski definition) is 6. The summed E-state index contributed by atoms with van der Waals surface area (Å²) in [7, 11) is 1.57. The van der Waals surface area contributed by atoms with Crippen LogP contribution in [0.4, 0.5) is 0 Å². The molecule has 2 saturated heterocycles. The van der Waals surface area contributed by atoms with E-state index in [0.29, 0.717) is 46.1 Å². The van der Waals surface area contributed by atoms with E-state index in [2.05, 4.69) is 15.0 Å². The highest BCUT2D eigenvalue weighted by Gasteiger charge is 2.45. The highest BCUT2D eigenvalue weighted by Crippen LogP contribution is 2.40. The molecule has 8 heteroatoms. The SMILES string of the molecule is COc1cccc(-c2ncccn2)c1C(=O)N1C[C@@H]2CC[C@H]1[C@H](Oc1ccc(Cl)cn1)C2. The van der Waals surface area contributed by atoms with Crippen molar-refractivity contribution in [1.82, 2.24) is 19.9 Å². The Hall–Kier alpha value is -3.19. The van der Waals surface area contributed by atoms with Gasteiger partial charge in [-0.05, 0) is 43.4 Å². The van der Waals surface area contributed by atoms with E-state index in [4.69, 9.17) is 21.1 Å². The first-order valence-electron chi connectivity index (χ1n) is 10.7. The lowest BCUT2D eigenvalue weighted by Gasteiger charge is -2.49. The summed E-state index contributed by atoms with van der Waals surface area (Å²) in [4.78, 5) is 28.8. The van der Waals surface area contributed by atoms with E-state index >= 15 is 0 Å². The minimum atomic E-state index is -0.119. The van der Waals surface area contributed by atoms with Crippen LogP contribution in [0.1, 0.15) is 29.6 Å². The maximum absolute atomic E-state index is 13.9. The zero-order valence-electron chi connectivity index (χ0n) is 17.6. The summed E-state index contributed by atoms with van der Waals surface area (Å²) in [5, 5.41) is 0.561. The molecule has 1 saturated carbocycles. The molecule has 2 aliphatic heterocycles. The molecule has 4 heterocycles. The van der Waals surface area contributed by atoms with Gasteiger partial charge in [0.05, 0.1) is 23.7 Å². The van der Waals surface area contributed by atoms with Crippen LogP contribution >= 0.6 is 11.6 Å². The number of methoxy groups -OCH3 is 1. The largest absolute Gasteiger partial charge is 0.496 e. The molecule has 0 spiro atoms. The number of halogens is 1. The van der Waals surface area contributed by atoms with Gasteiger partial charge in [0.1, 0.15) is 11.9 Å². The molecule has 0 unspecified atom stereocenters. The number of nitrogens with zero attached hydrogens (tertiary/aromatic N) is 4. The van der Waals surface area contributed by atoms with Crippen LogP contribution in [-0.2, 0) is 0 Å². The van der Waals surface area contributed by atoms with Gasteiger partial charge in [0, 0.05) is 36.8 Å². The fourth-order valence-corrected chi connectivity index (χ4v) is 4.88. The van der Waals surface area contributed by atoms with Gasteiger partial charge in [0.15, 0.2) is 5.82 Å². The molecule has 3 aromatic rings. The summed E-state index contributed by atoms with van der Waals surface area (Å²) in [5.74, 6) is 1.83. The van der Waals surface area contributed by atoms with Gasteiger partial charge in [0.25, 0.3) is 5.91 Å². The number of piperidine rings is 2. The summed E-state index contributed by atoms with van der Waals surface area (Å²) in [6, 6.07) is 10.7. The van der Waals surface area contributed by atoms with E-state index in [1.54, 1.807) is 50.0 Å². The molecule has 3 fully saturated rings. The van der Waals surface area contributed by atoms with Crippen LogP contribution in [0.3, 0.4) is 0 Å². The Morgan fingerprint density at radius 2 is 1.94 bits per heavy atom. The molecule has 0 radical (unpaired) electrons. The number of pyridine rings is 1. The number of carbonyl (C=O) groups excluding carboxylic acids is 1. The van der Waals surface area contributed by atoms with Crippen molar-refractivity contribution in [3.8, 4) is 23.0 Å². The first kappa shape index (κ1) is 20.7. The molecule has 3 atom stereocenters. The molecule has 0 N–H and O–H groups in total. The normalized spacial score (nSPS) is 21.9. The molecule has 3 aliphatic rings. The van der Waals surface area contributed by atoms with Crippen molar-refractivity contribution >= 4 is 17.5 Å². The third kappa shape index (κ3) is 3.88. The Morgan fingerprint density at radius 3 is 2.66 bits per heavy atom. The summed E-state index contributed by atoms with van der Waals surface area (Å²) in [6.45, 7) is 0.699. The third-order valence-electron chi connectivity index (χ3n) is 6.22. The fourth-order valence-electron chi connectivity index (χ4n) is 4.77. The lowest BCUT2D eigenvalue weighted by Crippen LogP contribution is -2.59. The van der Waals surface area contributed by atoms with E-state index in [1.807, 2.05) is 17.0 Å². The van der Waals surface area contributed by atoms with E-state index in [9.17, 15) is 4.79 Å². The summed E-state index contributed by atoms with van der Waals surface area (Å²) in [6.07, 6.45) is 7.67. The smallest absolute Gasteiger partial charge is 0.258 e. The average Bonchev–Trinajstić information content (AvgIpc) is 2.85. The minimum absolute atomic E-state index is 0.0422. The molecule has 164 valence electrons. The first-order valence-corrected chi connectivity index (χ1v) is 11.1. The van der Waals surface area contributed by atoms with Crippen molar-refractivity contribution in [1.29, 1.82) is 0 Å². The van der Waals surface area contributed by atoms with Crippen molar-refractivity contribution in [3.05, 3.63) is 65.6 Å². The molecular weight excluding hydrogens is 428 g/mol. The second kappa shape index (κ2) is 8.74. The summed E-state index contributed by atoms with van der Waals surface area (Å²) in [5.41, 5.74) is 1.14. The van der Waals surface area contributed by atoms with Crippen LogP contribution in [0, 0.1) is 5.92 Å². The lowest BCUT2D eigenvalue weighted by atomic mass is 9.77. The third-order valence-corrected chi connectivity index (χ3v) is 6.44. The standard InChI is InChI=1S/C24H23ClN4O3/c1-31-19-5-2-4-17(23-26-10-3-11-27-23)22(19)24(30)29-14-15-6-8-18(29)20(12-15)32-21-9-7-16(25)13-28-21/h2-5,7,9-11,13,15,18,20H,6,8,12,14H2,1H3/t15-,18+,20-/m1/s1. The van der Waals surface area contributed by atoms with Crippen molar-refractivity contribution in [2.45, 2.75) is 31.4 Å². The molecule has 2 bridgehead atoms. The maximum Gasteiger partial charge on any atom is 0.258 e. The van der Waals surface area contributed by atoms with E-state index < -0.39 is 0 Å². The van der Waals surface area contributed by atoms with Crippen LogP contribution in [0.2, 0.25) is 5.02 Å². The number of ether oxygens (including phenoxy) is 2. The fraction of sp³-hybridized carbons (Fsp3) is 0.333. The van der Waals surface area contributed by atoms with Gasteiger partial charge in [-0.25, -0.2) is 15.0 Å². The Kier molecular flexibility index (Phi) is 5.66. The highest BCUT2D eigenvalue weighted by atomic mass is 35.5. The zero-order chi connectivity index (χ0) is 22.1. The number of fused-ring (bicyclic) bond motifs is 3. The summed E-state index contributed by atoms with van der Waals surface area (Å²) < 4.78 is 11.8. The maximum atomic E-state index is 13.9. The lowest BCUT2D eigenvalue weighted by molar-refractivity contribution is -0.0314. The Bertz CT molecular complexity index is 1110. The van der Waals surface area contributed by atoms with Crippen molar-refractivity contribution in [2.75, 3.05) is 13.7 Å². The van der Waals surface area contributed by atoms with Crippen LogP contribution < -0.4 is 9.47 Å². The Morgan fingerprint density at radius 1 is 1.09 bits per heavy atom. The van der Waals surface area contributed by atoms with E-state index in [0.717, 1.165) is 19.3 Å².